The Balaban J connectivity index is 1.22. The van der Waals surface area contributed by atoms with Crippen LogP contribution in [0.4, 0.5) is 0 Å². The summed E-state index contributed by atoms with van der Waals surface area (Å²) in [6.07, 6.45) is 0. The fraction of sp³-hybridized carbons (Fsp3) is 0.0233. The van der Waals surface area contributed by atoms with Crippen molar-refractivity contribution in [2.75, 3.05) is 0 Å². The summed E-state index contributed by atoms with van der Waals surface area (Å²) in [5, 5.41) is 6.56. The summed E-state index contributed by atoms with van der Waals surface area (Å²) in [5.74, 6) is 0. The van der Waals surface area contributed by atoms with Crippen molar-refractivity contribution in [2.45, 2.75) is 11.8 Å². The average Bonchev–Trinajstić information content (AvgIpc) is 3.77. The van der Waals surface area contributed by atoms with Gasteiger partial charge in [0.2, 0.25) is 0 Å². The monoisotopic (exact) mass is 651 g/mol. The van der Waals surface area contributed by atoms with E-state index in [2.05, 4.69) is 106 Å². The fourth-order valence-corrected chi connectivity index (χ4v) is 9.24. The largest absolute Gasteiger partial charge is 0.309 e. The number of para-hydroxylation sites is 4. The quantitative estimate of drug-likeness (QED) is 0.190. The first kappa shape index (κ1) is 28.0. The molecule has 0 aliphatic heterocycles. The molecule has 0 aliphatic carbocycles. The third-order valence-corrected chi connectivity index (χ3v) is 11.7. The number of hydrogen-bond acceptors (Lipinski definition) is 2. The molecule has 0 aliphatic rings. The summed E-state index contributed by atoms with van der Waals surface area (Å²) in [4.78, 5) is 0.270. The molecule has 0 fully saturated rings. The number of fused-ring (bicyclic) bond motifs is 9. The van der Waals surface area contributed by atoms with Gasteiger partial charge in [-0.1, -0.05) is 90.5 Å². The molecule has 0 radical (unpaired) electrons. The average molecular weight is 652 g/mol. The molecule has 10 rings (SSSR count). The summed E-state index contributed by atoms with van der Waals surface area (Å²) >= 11 is 0. The van der Waals surface area contributed by atoms with Gasteiger partial charge in [-0.3, -0.25) is 0 Å². The standard InChI is InChI=1S/C43H29N3O2S/c1-28-18-22-31(23-19-28)49(47,48)46-42-17-9-5-13-35(42)37-27-30(21-25-43(37)46)45-40-16-8-4-12-34(40)36-26-29(20-24-41(36)45)44-38-14-6-2-10-32(38)33-11-3-7-15-39(33)44/h2-27H,1H3. The first-order valence-corrected chi connectivity index (χ1v) is 17.8. The van der Waals surface area contributed by atoms with E-state index in [1.807, 2.05) is 55.5 Å². The van der Waals surface area contributed by atoms with Crippen molar-refractivity contribution < 1.29 is 8.42 Å². The lowest BCUT2D eigenvalue weighted by molar-refractivity contribution is 0.590. The van der Waals surface area contributed by atoms with Gasteiger partial charge in [0.05, 0.1) is 38.0 Å². The van der Waals surface area contributed by atoms with Crippen molar-refractivity contribution in [3.05, 3.63) is 163 Å². The molecule has 3 aromatic heterocycles. The summed E-state index contributed by atoms with van der Waals surface area (Å²) in [5.41, 5.74) is 8.93. The molecule has 0 atom stereocenters. The highest BCUT2D eigenvalue weighted by molar-refractivity contribution is 7.90. The van der Waals surface area contributed by atoms with Crippen LogP contribution < -0.4 is 0 Å². The Morgan fingerprint density at radius 1 is 0.388 bits per heavy atom. The van der Waals surface area contributed by atoms with Crippen molar-refractivity contribution in [3.63, 3.8) is 0 Å². The van der Waals surface area contributed by atoms with Gasteiger partial charge in [-0.05, 0) is 79.7 Å². The molecule has 234 valence electrons. The van der Waals surface area contributed by atoms with E-state index in [-0.39, 0.29) is 4.90 Å². The highest BCUT2D eigenvalue weighted by Gasteiger charge is 2.24. The molecule has 0 unspecified atom stereocenters. The summed E-state index contributed by atoms with van der Waals surface area (Å²) in [6, 6.07) is 53.3. The topological polar surface area (TPSA) is 48.9 Å². The van der Waals surface area contributed by atoms with Crippen molar-refractivity contribution in [3.8, 4) is 11.4 Å². The number of benzene rings is 7. The molecule has 5 nitrogen and oxygen atoms in total. The zero-order chi connectivity index (χ0) is 32.9. The fourth-order valence-electron chi connectivity index (χ4n) is 7.72. The maximum Gasteiger partial charge on any atom is 0.268 e. The molecule has 6 heteroatoms. The van der Waals surface area contributed by atoms with Crippen molar-refractivity contribution in [2.24, 2.45) is 0 Å². The van der Waals surface area contributed by atoms with Crippen LogP contribution in [0.25, 0.3) is 76.8 Å². The molecule has 0 bridgehead atoms. The van der Waals surface area contributed by atoms with Gasteiger partial charge in [-0.2, -0.15) is 0 Å². The predicted molar refractivity (Wildman–Crippen MR) is 202 cm³/mol. The zero-order valence-corrected chi connectivity index (χ0v) is 27.4. The van der Waals surface area contributed by atoms with Crippen LogP contribution in [0.15, 0.2) is 163 Å². The van der Waals surface area contributed by atoms with Crippen molar-refractivity contribution in [1.29, 1.82) is 0 Å². The van der Waals surface area contributed by atoms with E-state index in [9.17, 15) is 8.42 Å². The summed E-state index contributed by atoms with van der Waals surface area (Å²) < 4.78 is 34.4. The van der Waals surface area contributed by atoms with Crippen LogP contribution in [0.2, 0.25) is 0 Å². The lowest BCUT2D eigenvalue weighted by atomic mass is 10.1. The minimum absolute atomic E-state index is 0.270. The van der Waals surface area contributed by atoms with E-state index in [1.54, 1.807) is 12.1 Å². The molecular weight excluding hydrogens is 623 g/mol. The third-order valence-electron chi connectivity index (χ3n) is 9.92. The molecule has 0 N–H and O–H groups in total. The van der Waals surface area contributed by atoms with E-state index in [0.29, 0.717) is 11.0 Å². The Labute approximate surface area is 282 Å². The van der Waals surface area contributed by atoms with Gasteiger partial charge in [-0.25, -0.2) is 12.4 Å². The summed E-state index contributed by atoms with van der Waals surface area (Å²) in [6.45, 7) is 1.96. The van der Waals surface area contributed by atoms with Crippen LogP contribution in [0.5, 0.6) is 0 Å². The SMILES string of the molecule is Cc1ccc(S(=O)(=O)n2c3ccccc3c3cc(-n4c5ccccc5c5cc(-n6c7ccccc7c7ccccc76)ccc54)ccc32)cc1. The van der Waals surface area contributed by atoms with Gasteiger partial charge in [0.15, 0.2) is 0 Å². The molecule has 0 saturated heterocycles. The van der Waals surface area contributed by atoms with Gasteiger partial charge in [0.1, 0.15) is 0 Å². The Morgan fingerprint density at radius 3 is 1.29 bits per heavy atom. The van der Waals surface area contributed by atoms with Crippen LogP contribution in [0.1, 0.15) is 5.56 Å². The van der Waals surface area contributed by atoms with Gasteiger partial charge < -0.3 is 9.13 Å². The molecule has 0 amide bonds. The van der Waals surface area contributed by atoms with E-state index in [1.165, 1.54) is 25.8 Å². The summed E-state index contributed by atoms with van der Waals surface area (Å²) in [7, 11) is -3.85. The van der Waals surface area contributed by atoms with Crippen molar-refractivity contribution >= 4 is 75.4 Å². The molecule has 0 spiro atoms. The Morgan fingerprint density at radius 2 is 0.755 bits per heavy atom. The third kappa shape index (κ3) is 3.95. The first-order valence-electron chi connectivity index (χ1n) is 16.4. The van der Waals surface area contributed by atoms with Crippen molar-refractivity contribution in [1.82, 2.24) is 13.1 Å². The molecular formula is C43H29N3O2S. The van der Waals surface area contributed by atoms with E-state index in [0.717, 1.165) is 49.5 Å². The van der Waals surface area contributed by atoms with Crippen LogP contribution >= 0.6 is 0 Å². The number of aryl methyl sites for hydroxylation is 1. The highest BCUT2D eigenvalue weighted by atomic mass is 32.2. The lowest BCUT2D eigenvalue weighted by Gasteiger charge is -2.12. The molecule has 10 aromatic rings. The van der Waals surface area contributed by atoms with Gasteiger partial charge >= 0.3 is 0 Å². The minimum atomic E-state index is -3.85. The number of hydrogen-bond donors (Lipinski definition) is 0. The van der Waals surface area contributed by atoms with Crippen LogP contribution in [-0.2, 0) is 10.0 Å². The number of aromatic nitrogens is 3. The number of nitrogens with zero attached hydrogens (tertiary/aromatic N) is 3. The molecule has 49 heavy (non-hydrogen) atoms. The lowest BCUT2D eigenvalue weighted by Crippen LogP contribution is -2.12. The van der Waals surface area contributed by atoms with E-state index >= 15 is 0 Å². The van der Waals surface area contributed by atoms with Gasteiger partial charge in [0, 0.05) is 43.7 Å². The normalized spacial score (nSPS) is 12.3. The molecule has 7 aromatic carbocycles. The zero-order valence-electron chi connectivity index (χ0n) is 26.6. The van der Waals surface area contributed by atoms with E-state index in [4.69, 9.17) is 0 Å². The highest BCUT2D eigenvalue weighted by Crippen LogP contribution is 2.39. The minimum Gasteiger partial charge on any atom is -0.309 e. The maximum atomic E-state index is 14.1. The van der Waals surface area contributed by atoms with Gasteiger partial charge in [-0.15, -0.1) is 0 Å². The smallest absolute Gasteiger partial charge is 0.268 e. The Hall–Kier alpha value is -6.11. The second-order valence-corrected chi connectivity index (χ2v) is 14.5. The molecule has 0 saturated carbocycles. The van der Waals surface area contributed by atoms with Crippen LogP contribution in [0.3, 0.4) is 0 Å². The number of rotatable bonds is 4. The second kappa shape index (κ2) is 10.2. The maximum absolute atomic E-state index is 14.1. The Bertz CT molecular complexity index is 3020. The van der Waals surface area contributed by atoms with E-state index < -0.39 is 10.0 Å². The molecule has 3 heterocycles. The van der Waals surface area contributed by atoms with Gasteiger partial charge in [0.25, 0.3) is 10.0 Å². The first-order chi connectivity index (χ1) is 24.0. The second-order valence-electron chi connectivity index (χ2n) is 12.7. The van der Waals surface area contributed by atoms with Crippen LogP contribution in [0, 0.1) is 6.92 Å². The Kier molecular flexibility index (Phi) is 5.82. The van der Waals surface area contributed by atoms with Crippen LogP contribution in [-0.4, -0.2) is 21.5 Å². The predicted octanol–water partition coefficient (Wildman–Crippen LogP) is 10.5.